The van der Waals surface area contributed by atoms with Crippen LogP contribution in [0.5, 0.6) is 11.5 Å². The van der Waals surface area contributed by atoms with Crippen molar-refractivity contribution in [2.24, 2.45) is 0 Å². The Morgan fingerprint density at radius 2 is 1.46 bits per heavy atom. The maximum Gasteiger partial charge on any atom is 0.321 e. The summed E-state index contributed by atoms with van der Waals surface area (Å²) in [4.78, 5) is 20.3. The number of piperidine rings is 1. The highest BCUT2D eigenvalue weighted by Crippen LogP contribution is 2.37. The summed E-state index contributed by atoms with van der Waals surface area (Å²) in [6.07, 6.45) is 3.04. The number of likely N-dealkylation sites (tertiary alicyclic amines) is 1. The van der Waals surface area contributed by atoms with Gasteiger partial charge in [0.2, 0.25) is 10.0 Å². The molecule has 2 saturated heterocycles. The van der Waals surface area contributed by atoms with Crippen LogP contribution in [0.1, 0.15) is 50.8 Å². The number of carbonyl (C=O) groups is 1. The molecule has 0 aromatic heterocycles. The summed E-state index contributed by atoms with van der Waals surface area (Å²) < 4.78 is 31.2. The van der Waals surface area contributed by atoms with Crippen LogP contribution in [0.2, 0.25) is 0 Å². The first kappa shape index (κ1) is 29.0. The van der Waals surface area contributed by atoms with Gasteiger partial charge >= 0.3 is 6.03 Å². The largest absolute Gasteiger partial charge is 0.457 e. The molecule has 2 amide bonds. The number of ether oxygens (including phenoxy) is 1. The zero-order chi connectivity index (χ0) is 29.2. The average Bonchev–Trinajstić information content (AvgIpc) is 3.29. The van der Waals surface area contributed by atoms with Gasteiger partial charge in [-0.2, -0.15) is 0 Å². The quantitative estimate of drug-likeness (QED) is 0.351. The molecule has 0 radical (unpaired) electrons. The van der Waals surface area contributed by atoms with Gasteiger partial charge in [0, 0.05) is 43.4 Å². The second-order valence-electron chi connectivity index (χ2n) is 12.0. The molecule has 2 aliphatic heterocycles. The van der Waals surface area contributed by atoms with Gasteiger partial charge in [-0.15, -0.1) is 0 Å². The molecule has 0 aliphatic carbocycles. The minimum Gasteiger partial charge on any atom is -0.457 e. The number of carbonyl (C=O) groups excluding carboxylic acids is 1. The standard InChI is InChI=1S/C32H40N4O4S/c1-32(2,3)35-23-30(25-8-6-5-7-9-25)36(31(35)37)27-18-20-34(21-19-27)22-24-10-14-28(15-11-24)40-29-16-12-26(13-17-29)33-41(4,38)39/h5-17,27,30,33H,18-23H2,1-4H3. The third-order valence-electron chi connectivity index (χ3n) is 7.81. The number of hydrogen-bond donors (Lipinski definition) is 1. The van der Waals surface area contributed by atoms with E-state index in [9.17, 15) is 13.2 Å². The zero-order valence-electron chi connectivity index (χ0n) is 24.3. The zero-order valence-corrected chi connectivity index (χ0v) is 25.1. The maximum atomic E-state index is 13.6. The number of amides is 2. The maximum absolute atomic E-state index is 13.6. The first-order valence-corrected chi connectivity index (χ1v) is 16.1. The summed E-state index contributed by atoms with van der Waals surface area (Å²) >= 11 is 0. The van der Waals surface area contributed by atoms with Crippen LogP contribution in [0.25, 0.3) is 0 Å². The van der Waals surface area contributed by atoms with E-state index in [4.69, 9.17) is 4.74 Å². The highest BCUT2D eigenvalue weighted by Gasteiger charge is 2.46. The SMILES string of the molecule is CC(C)(C)N1CC(c2ccccc2)N(C2CCN(Cc3ccc(Oc4ccc(NS(C)(=O)=O)cc4)cc3)CC2)C1=O. The smallest absolute Gasteiger partial charge is 0.321 e. The van der Waals surface area contributed by atoms with Gasteiger partial charge in [0.15, 0.2) is 0 Å². The van der Waals surface area contributed by atoms with Crippen molar-refractivity contribution in [3.05, 3.63) is 90.0 Å². The molecule has 0 saturated carbocycles. The van der Waals surface area contributed by atoms with E-state index >= 15 is 0 Å². The molecule has 218 valence electrons. The summed E-state index contributed by atoms with van der Waals surface area (Å²) in [5.41, 5.74) is 2.70. The lowest BCUT2D eigenvalue weighted by molar-refractivity contribution is 0.105. The molecule has 41 heavy (non-hydrogen) atoms. The van der Waals surface area contributed by atoms with E-state index in [1.807, 2.05) is 23.1 Å². The fourth-order valence-corrected chi connectivity index (χ4v) is 6.31. The number of benzene rings is 3. The second kappa shape index (κ2) is 11.7. The van der Waals surface area contributed by atoms with Crippen molar-refractivity contribution in [1.29, 1.82) is 0 Å². The Bertz CT molecular complexity index is 1430. The van der Waals surface area contributed by atoms with Gasteiger partial charge in [0.05, 0.1) is 12.3 Å². The second-order valence-corrected chi connectivity index (χ2v) is 13.8. The molecule has 3 aromatic rings. The molecule has 9 heteroatoms. The van der Waals surface area contributed by atoms with Crippen molar-refractivity contribution in [3.8, 4) is 11.5 Å². The number of urea groups is 1. The first-order chi connectivity index (χ1) is 19.5. The van der Waals surface area contributed by atoms with Gasteiger partial charge in [0.1, 0.15) is 11.5 Å². The fraction of sp³-hybridized carbons (Fsp3) is 0.406. The van der Waals surface area contributed by atoms with Crippen LogP contribution in [0.3, 0.4) is 0 Å². The van der Waals surface area contributed by atoms with E-state index in [-0.39, 0.29) is 23.7 Å². The van der Waals surface area contributed by atoms with Crippen LogP contribution < -0.4 is 9.46 Å². The molecule has 2 fully saturated rings. The lowest BCUT2D eigenvalue weighted by Crippen LogP contribution is -2.49. The summed E-state index contributed by atoms with van der Waals surface area (Å²) in [7, 11) is -3.31. The number of nitrogens with one attached hydrogen (secondary N) is 1. The van der Waals surface area contributed by atoms with E-state index in [0.717, 1.165) is 51.0 Å². The molecule has 1 N–H and O–H groups in total. The highest BCUT2D eigenvalue weighted by molar-refractivity contribution is 7.92. The third-order valence-corrected chi connectivity index (χ3v) is 8.42. The number of rotatable bonds is 8. The molecule has 2 heterocycles. The molecule has 0 spiro atoms. The third kappa shape index (κ3) is 7.21. The molecular formula is C32H40N4O4S. The van der Waals surface area contributed by atoms with E-state index in [1.54, 1.807) is 24.3 Å². The van der Waals surface area contributed by atoms with Crippen molar-refractivity contribution < 1.29 is 17.9 Å². The Hall–Kier alpha value is -3.56. The number of hydrogen-bond acceptors (Lipinski definition) is 5. The monoisotopic (exact) mass is 576 g/mol. The Morgan fingerprint density at radius 1 is 0.878 bits per heavy atom. The Balaban J connectivity index is 1.17. The Labute approximate surface area is 244 Å². The molecule has 3 aromatic carbocycles. The molecule has 8 nitrogen and oxygen atoms in total. The summed E-state index contributed by atoms with van der Waals surface area (Å²) in [6, 6.07) is 25.8. The van der Waals surface area contributed by atoms with Crippen molar-refractivity contribution in [1.82, 2.24) is 14.7 Å². The number of nitrogens with zero attached hydrogens (tertiary/aromatic N) is 3. The van der Waals surface area contributed by atoms with Crippen LogP contribution >= 0.6 is 0 Å². The summed E-state index contributed by atoms with van der Waals surface area (Å²) in [6.45, 7) is 9.81. The van der Waals surface area contributed by atoms with E-state index < -0.39 is 10.0 Å². The van der Waals surface area contributed by atoms with Crippen LogP contribution in [-0.4, -0.2) is 66.6 Å². The predicted octanol–water partition coefficient (Wildman–Crippen LogP) is 6.09. The van der Waals surface area contributed by atoms with Gasteiger partial charge in [0.25, 0.3) is 0 Å². The average molecular weight is 577 g/mol. The molecule has 0 bridgehead atoms. The van der Waals surface area contributed by atoms with Gasteiger partial charge in [-0.05, 0) is 81.1 Å². The normalized spacial score (nSPS) is 19.0. The number of sulfonamides is 1. The fourth-order valence-electron chi connectivity index (χ4n) is 5.74. The van der Waals surface area contributed by atoms with Gasteiger partial charge < -0.3 is 14.5 Å². The summed E-state index contributed by atoms with van der Waals surface area (Å²) in [5.74, 6) is 1.35. The van der Waals surface area contributed by atoms with Crippen molar-refractivity contribution >= 4 is 21.7 Å². The van der Waals surface area contributed by atoms with Crippen molar-refractivity contribution in [2.45, 2.75) is 57.8 Å². The van der Waals surface area contributed by atoms with E-state index in [2.05, 4.69) is 71.7 Å². The van der Waals surface area contributed by atoms with Crippen LogP contribution in [0.4, 0.5) is 10.5 Å². The Kier molecular flexibility index (Phi) is 8.29. The van der Waals surface area contributed by atoms with Gasteiger partial charge in [-0.1, -0.05) is 42.5 Å². The van der Waals surface area contributed by atoms with Crippen molar-refractivity contribution in [2.75, 3.05) is 30.6 Å². The molecular weight excluding hydrogens is 536 g/mol. The molecule has 1 unspecified atom stereocenters. The van der Waals surface area contributed by atoms with Crippen LogP contribution in [0.15, 0.2) is 78.9 Å². The van der Waals surface area contributed by atoms with Gasteiger partial charge in [-0.3, -0.25) is 9.62 Å². The van der Waals surface area contributed by atoms with Crippen molar-refractivity contribution in [3.63, 3.8) is 0 Å². The highest BCUT2D eigenvalue weighted by atomic mass is 32.2. The minimum absolute atomic E-state index is 0.0826. The van der Waals surface area contributed by atoms with Gasteiger partial charge in [-0.25, -0.2) is 13.2 Å². The van der Waals surface area contributed by atoms with E-state index in [1.165, 1.54) is 11.1 Å². The Morgan fingerprint density at radius 3 is 2.02 bits per heavy atom. The molecule has 1 atom stereocenters. The predicted molar refractivity (Wildman–Crippen MR) is 163 cm³/mol. The topological polar surface area (TPSA) is 82.2 Å². The number of anilines is 1. The lowest BCUT2D eigenvalue weighted by atomic mass is 9.98. The molecule has 5 rings (SSSR count). The van der Waals surface area contributed by atoms with Crippen LogP contribution in [-0.2, 0) is 16.6 Å². The first-order valence-electron chi connectivity index (χ1n) is 14.2. The van der Waals surface area contributed by atoms with E-state index in [0.29, 0.717) is 11.4 Å². The minimum atomic E-state index is -3.31. The van der Waals surface area contributed by atoms with Crippen LogP contribution in [0, 0.1) is 0 Å². The summed E-state index contributed by atoms with van der Waals surface area (Å²) in [5, 5.41) is 0. The molecule has 2 aliphatic rings. The lowest BCUT2D eigenvalue weighted by Gasteiger charge is -2.39.